The van der Waals surface area contributed by atoms with Crippen LogP contribution in [0.5, 0.6) is 0 Å². The van der Waals surface area contributed by atoms with Crippen LogP contribution in [0.1, 0.15) is 84.5 Å². The molecular weight excluding hydrogens is 386 g/mol. The van der Waals surface area contributed by atoms with Crippen molar-refractivity contribution in [3.63, 3.8) is 0 Å². The predicted octanol–water partition coefficient (Wildman–Crippen LogP) is 5.10. The van der Waals surface area contributed by atoms with Gasteiger partial charge in [-0.15, -0.1) is 0 Å². The van der Waals surface area contributed by atoms with Crippen molar-refractivity contribution in [3.8, 4) is 0 Å². The number of carbonyl (C=O) groups is 1. The minimum Gasteiger partial charge on any atom is -0.378 e. The molecule has 4 heteroatoms. The Morgan fingerprint density at radius 2 is 1.77 bits per heavy atom. The van der Waals surface area contributed by atoms with Gasteiger partial charge in [0.2, 0.25) is 0 Å². The highest BCUT2D eigenvalue weighted by Crippen LogP contribution is 2.65. The summed E-state index contributed by atoms with van der Waals surface area (Å²) in [4.78, 5) is 15.1. The molecule has 1 aliphatic heterocycles. The molecule has 0 aromatic rings. The first-order valence-electron chi connectivity index (χ1n) is 13.5. The molecule has 0 N–H and O–H groups in total. The monoisotopic (exact) mass is 431 g/mol. The van der Waals surface area contributed by atoms with Crippen molar-refractivity contribution >= 4 is 5.78 Å². The van der Waals surface area contributed by atoms with E-state index in [1.807, 2.05) is 0 Å². The number of Topliss-reactive ketones (excluding diaryl/α,β-unsaturated/α-hetero) is 1. The molecule has 176 valence electrons. The van der Waals surface area contributed by atoms with Gasteiger partial charge in [-0.05, 0) is 106 Å². The number of ether oxygens (including phenoxy) is 2. The zero-order valence-electron chi connectivity index (χ0n) is 20.1. The summed E-state index contributed by atoms with van der Waals surface area (Å²) < 4.78 is 12.1. The molecule has 4 aliphatic carbocycles. The van der Waals surface area contributed by atoms with Crippen molar-refractivity contribution in [1.29, 1.82) is 0 Å². The lowest BCUT2D eigenvalue weighted by molar-refractivity contribution is -0.146. The fourth-order valence-corrected chi connectivity index (χ4v) is 8.72. The molecule has 0 spiro atoms. The highest BCUT2D eigenvalue weighted by molar-refractivity contribution is 5.87. The number of ketones is 1. The van der Waals surface area contributed by atoms with Gasteiger partial charge < -0.3 is 14.4 Å². The van der Waals surface area contributed by atoms with E-state index in [2.05, 4.69) is 18.7 Å². The van der Waals surface area contributed by atoms with Gasteiger partial charge in [-0.1, -0.05) is 13.8 Å². The second kappa shape index (κ2) is 9.06. The Labute approximate surface area is 189 Å². The molecule has 0 amide bonds. The van der Waals surface area contributed by atoms with Gasteiger partial charge in [0.25, 0.3) is 0 Å². The molecule has 5 rings (SSSR count). The van der Waals surface area contributed by atoms with Crippen LogP contribution in [0.3, 0.4) is 0 Å². The Kier molecular flexibility index (Phi) is 6.53. The zero-order chi connectivity index (χ0) is 21.5. The van der Waals surface area contributed by atoms with Gasteiger partial charge in [0.1, 0.15) is 5.78 Å². The van der Waals surface area contributed by atoms with Gasteiger partial charge in [0, 0.05) is 18.4 Å². The van der Waals surface area contributed by atoms with E-state index < -0.39 is 0 Å². The molecular formula is C27H45NO3. The molecule has 31 heavy (non-hydrogen) atoms. The number of hydrogen-bond donors (Lipinski definition) is 0. The third-order valence-corrected chi connectivity index (χ3v) is 10.7. The summed E-state index contributed by atoms with van der Waals surface area (Å²) >= 11 is 0. The Balaban J connectivity index is 1.08. The molecule has 5 fully saturated rings. The molecule has 7 atom stereocenters. The van der Waals surface area contributed by atoms with Crippen LogP contribution >= 0.6 is 0 Å². The Bertz CT molecular complexity index is 646. The SMILES string of the molecule is CC12CCC3C(CCC4CC(OCCOCCN5CCCC5)CCC43C)C1CCC2=O. The molecule has 0 bridgehead atoms. The van der Waals surface area contributed by atoms with Crippen LogP contribution in [-0.2, 0) is 14.3 Å². The maximum atomic E-state index is 12.6. The third kappa shape index (κ3) is 4.15. The largest absolute Gasteiger partial charge is 0.378 e. The van der Waals surface area contributed by atoms with Crippen molar-refractivity contribution in [3.05, 3.63) is 0 Å². The molecule has 1 heterocycles. The first-order chi connectivity index (χ1) is 15.0. The highest BCUT2D eigenvalue weighted by Gasteiger charge is 2.60. The van der Waals surface area contributed by atoms with Gasteiger partial charge in [0.05, 0.1) is 25.9 Å². The van der Waals surface area contributed by atoms with E-state index in [4.69, 9.17) is 9.47 Å². The standard InChI is InChI=1S/C27H45NO3/c1-26-11-9-21(31-18-17-30-16-15-28-13-3-4-14-28)19-20(26)5-6-22-23-7-8-25(29)27(23,2)12-10-24(22)26/h20-24H,3-19H2,1-2H3. The van der Waals surface area contributed by atoms with Crippen molar-refractivity contribution in [1.82, 2.24) is 4.90 Å². The maximum absolute atomic E-state index is 12.6. The fourth-order valence-electron chi connectivity index (χ4n) is 8.72. The van der Waals surface area contributed by atoms with E-state index >= 15 is 0 Å². The summed E-state index contributed by atoms with van der Waals surface area (Å²) in [5, 5.41) is 0. The highest BCUT2D eigenvalue weighted by atomic mass is 16.5. The predicted molar refractivity (Wildman–Crippen MR) is 123 cm³/mol. The van der Waals surface area contributed by atoms with E-state index in [1.54, 1.807) is 0 Å². The van der Waals surface area contributed by atoms with Crippen LogP contribution in [0.25, 0.3) is 0 Å². The maximum Gasteiger partial charge on any atom is 0.139 e. The average Bonchev–Trinajstić information content (AvgIpc) is 3.38. The third-order valence-electron chi connectivity index (χ3n) is 10.7. The van der Waals surface area contributed by atoms with E-state index in [0.29, 0.717) is 23.2 Å². The number of hydrogen-bond acceptors (Lipinski definition) is 4. The Hall–Kier alpha value is -0.450. The molecule has 1 saturated heterocycles. The van der Waals surface area contributed by atoms with E-state index in [1.165, 1.54) is 70.9 Å². The van der Waals surface area contributed by atoms with Crippen molar-refractivity contribution in [2.75, 3.05) is 39.5 Å². The Morgan fingerprint density at radius 1 is 0.935 bits per heavy atom. The molecule has 0 aromatic carbocycles. The first kappa shape index (κ1) is 22.3. The molecule has 5 aliphatic rings. The fraction of sp³-hybridized carbons (Fsp3) is 0.963. The summed E-state index contributed by atoms with van der Waals surface area (Å²) in [5.41, 5.74) is 0.488. The minimum atomic E-state index is 0.0133. The van der Waals surface area contributed by atoms with Crippen molar-refractivity contribution in [2.24, 2.45) is 34.5 Å². The van der Waals surface area contributed by atoms with E-state index in [-0.39, 0.29) is 5.41 Å². The lowest BCUT2D eigenvalue weighted by Crippen LogP contribution is -2.54. The van der Waals surface area contributed by atoms with E-state index in [0.717, 1.165) is 57.0 Å². The Morgan fingerprint density at radius 3 is 2.61 bits per heavy atom. The van der Waals surface area contributed by atoms with Gasteiger partial charge in [0.15, 0.2) is 0 Å². The average molecular weight is 432 g/mol. The van der Waals surface area contributed by atoms with Crippen molar-refractivity contribution < 1.29 is 14.3 Å². The molecule has 0 radical (unpaired) electrons. The number of likely N-dealkylation sites (tertiary alicyclic amines) is 1. The van der Waals surface area contributed by atoms with Crippen LogP contribution < -0.4 is 0 Å². The lowest BCUT2D eigenvalue weighted by atomic mass is 9.45. The smallest absolute Gasteiger partial charge is 0.139 e. The summed E-state index contributed by atoms with van der Waals surface area (Å²) in [6.45, 7) is 10.8. The van der Waals surface area contributed by atoms with Crippen LogP contribution in [-0.4, -0.2) is 56.2 Å². The van der Waals surface area contributed by atoms with Crippen LogP contribution in [0.2, 0.25) is 0 Å². The quantitative estimate of drug-likeness (QED) is 0.526. The summed E-state index contributed by atoms with van der Waals surface area (Å²) in [5.74, 6) is 3.69. The minimum absolute atomic E-state index is 0.0133. The van der Waals surface area contributed by atoms with Crippen molar-refractivity contribution in [2.45, 2.75) is 90.6 Å². The van der Waals surface area contributed by atoms with Gasteiger partial charge in [-0.25, -0.2) is 0 Å². The number of nitrogens with zero attached hydrogens (tertiary/aromatic N) is 1. The second-order valence-electron chi connectivity index (χ2n) is 12.0. The van der Waals surface area contributed by atoms with E-state index in [9.17, 15) is 4.79 Å². The lowest BCUT2D eigenvalue weighted by Gasteiger charge is -2.60. The number of fused-ring (bicyclic) bond motifs is 5. The summed E-state index contributed by atoms with van der Waals surface area (Å²) in [7, 11) is 0. The van der Waals surface area contributed by atoms with Gasteiger partial charge >= 0.3 is 0 Å². The topological polar surface area (TPSA) is 38.8 Å². The zero-order valence-corrected chi connectivity index (χ0v) is 20.1. The number of rotatable bonds is 7. The van der Waals surface area contributed by atoms with Gasteiger partial charge in [-0.2, -0.15) is 0 Å². The van der Waals surface area contributed by atoms with Crippen LogP contribution in [0.15, 0.2) is 0 Å². The van der Waals surface area contributed by atoms with Crippen LogP contribution in [0.4, 0.5) is 0 Å². The molecule has 4 saturated carbocycles. The first-order valence-corrected chi connectivity index (χ1v) is 13.5. The summed E-state index contributed by atoms with van der Waals surface area (Å²) in [6, 6.07) is 0. The number of carbonyl (C=O) groups excluding carboxylic acids is 1. The summed E-state index contributed by atoms with van der Waals surface area (Å²) in [6.07, 6.45) is 14.1. The molecule has 4 nitrogen and oxygen atoms in total. The van der Waals surface area contributed by atoms with Gasteiger partial charge in [-0.3, -0.25) is 4.79 Å². The normalized spacial score (nSPS) is 45.4. The molecule has 7 unspecified atom stereocenters. The second-order valence-corrected chi connectivity index (χ2v) is 12.0. The molecule has 0 aromatic heterocycles. The van der Waals surface area contributed by atoms with Crippen LogP contribution in [0, 0.1) is 34.5 Å².